The number of anilines is 1. The fourth-order valence-electron chi connectivity index (χ4n) is 3.13. The second-order valence-electron chi connectivity index (χ2n) is 6.20. The van der Waals surface area contributed by atoms with Crippen molar-refractivity contribution in [2.75, 3.05) is 11.9 Å². The van der Waals surface area contributed by atoms with Crippen LogP contribution in [0.2, 0.25) is 5.15 Å². The first-order chi connectivity index (χ1) is 13.1. The summed E-state index contributed by atoms with van der Waals surface area (Å²) in [6, 6.07) is 9.39. The zero-order valence-corrected chi connectivity index (χ0v) is 15.8. The van der Waals surface area contributed by atoms with E-state index in [1.807, 2.05) is 5.38 Å². The van der Waals surface area contributed by atoms with Crippen LogP contribution >= 0.6 is 22.9 Å². The molecular weight excluding hydrogens is 387 g/mol. The predicted octanol–water partition coefficient (Wildman–Crippen LogP) is 5.37. The molecule has 27 heavy (non-hydrogen) atoms. The smallest absolute Gasteiger partial charge is 0.315 e. The Hall–Kier alpha value is -2.51. The maximum atomic E-state index is 13.1. The van der Waals surface area contributed by atoms with E-state index in [2.05, 4.69) is 15.3 Å². The number of halogens is 2. The Labute approximate surface area is 164 Å². The van der Waals surface area contributed by atoms with Crippen LogP contribution in [0.1, 0.15) is 23.9 Å². The van der Waals surface area contributed by atoms with Crippen molar-refractivity contribution in [3.8, 4) is 11.3 Å². The highest BCUT2D eigenvalue weighted by molar-refractivity contribution is 7.10. The zero-order chi connectivity index (χ0) is 18.8. The van der Waals surface area contributed by atoms with Crippen molar-refractivity contribution < 1.29 is 9.18 Å². The fraction of sp³-hybridized carbons (Fsp3) is 0.211. The summed E-state index contributed by atoms with van der Waals surface area (Å²) < 4.78 is 13.1. The number of amides is 2. The summed E-state index contributed by atoms with van der Waals surface area (Å²) in [6.07, 6.45) is 3.33. The number of pyridine rings is 1. The van der Waals surface area contributed by atoms with Gasteiger partial charge in [0.25, 0.3) is 0 Å². The largest absolute Gasteiger partial charge is 0.322 e. The third kappa shape index (κ3) is 3.79. The molecule has 0 spiro atoms. The van der Waals surface area contributed by atoms with Gasteiger partial charge in [-0.1, -0.05) is 11.6 Å². The van der Waals surface area contributed by atoms with Crippen molar-refractivity contribution in [1.29, 1.82) is 0 Å². The number of benzene rings is 1. The number of hydrogen-bond donors (Lipinski definition) is 1. The van der Waals surface area contributed by atoms with E-state index in [9.17, 15) is 9.18 Å². The summed E-state index contributed by atoms with van der Waals surface area (Å²) in [5.41, 5.74) is 2.13. The highest BCUT2D eigenvalue weighted by atomic mass is 35.5. The highest BCUT2D eigenvalue weighted by Crippen LogP contribution is 2.36. The minimum Gasteiger partial charge on any atom is -0.315 e. The molecule has 2 aromatic heterocycles. The van der Waals surface area contributed by atoms with Crippen LogP contribution in [0.25, 0.3) is 11.3 Å². The second-order valence-corrected chi connectivity index (χ2v) is 7.45. The molecule has 0 bridgehead atoms. The first-order valence-corrected chi connectivity index (χ1v) is 9.77. The average Bonchev–Trinajstić information content (AvgIpc) is 3.33. The lowest BCUT2D eigenvalue weighted by Crippen LogP contribution is -2.34. The number of aromatic nitrogens is 2. The number of nitrogens with zero attached hydrogens (tertiary/aromatic N) is 3. The van der Waals surface area contributed by atoms with Crippen LogP contribution < -0.4 is 5.32 Å². The van der Waals surface area contributed by atoms with E-state index >= 15 is 0 Å². The van der Waals surface area contributed by atoms with Gasteiger partial charge in [0.1, 0.15) is 10.8 Å². The third-order valence-electron chi connectivity index (χ3n) is 4.46. The van der Waals surface area contributed by atoms with E-state index in [0.717, 1.165) is 29.1 Å². The summed E-state index contributed by atoms with van der Waals surface area (Å²) in [5, 5.41) is 5.90. The number of likely N-dealkylation sites (tertiary alicyclic amines) is 1. The molecular formula is C19H16ClFN4OS. The van der Waals surface area contributed by atoms with Crippen molar-refractivity contribution in [3.63, 3.8) is 0 Å². The highest BCUT2D eigenvalue weighted by Gasteiger charge is 2.32. The lowest BCUT2D eigenvalue weighted by atomic mass is 10.2. The topological polar surface area (TPSA) is 58.1 Å². The fourth-order valence-corrected chi connectivity index (χ4v) is 4.27. The quantitative estimate of drug-likeness (QED) is 0.599. The molecule has 1 aromatic carbocycles. The molecule has 1 saturated heterocycles. The Bertz CT molecular complexity index is 962. The van der Waals surface area contributed by atoms with E-state index in [1.165, 1.54) is 23.5 Å². The number of nitrogens with one attached hydrogen (secondary N) is 1. The molecule has 1 N–H and O–H groups in total. The van der Waals surface area contributed by atoms with Crippen LogP contribution in [0.3, 0.4) is 0 Å². The predicted molar refractivity (Wildman–Crippen MR) is 104 cm³/mol. The van der Waals surface area contributed by atoms with E-state index in [1.54, 1.807) is 35.4 Å². The van der Waals surface area contributed by atoms with Crippen molar-refractivity contribution >= 4 is 34.7 Å². The summed E-state index contributed by atoms with van der Waals surface area (Å²) in [4.78, 5) is 23.2. The number of rotatable bonds is 3. The van der Waals surface area contributed by atoms with E-state index in [0.29, 0.717) is 12.2 Å². The Balaban J connectivity index is 1.52. The maximum Gasteiger partial charge on any atom is 0.322 e. The Morgan fingerprint density at radius 3 is 2.89 bits per heavy atom. The summed E-state index contributed by atoms with van der Waals surface area (Å²) in [7, 11) is 0. The number of carbonyl (C=O) groups excluding carboxylic acids is 1. The van der Waals surface area contributed by atoms with Gasteiger partial charge in [0.15, 0.2) is 5.15 Å². The summed E-state index contributed by atoms with van der Waals surface area (Å²) >= 11 is 7.54. The van der Waals surface area contributed by atoms with Crippen LogP contribution in [0.5, 0.6) is 0 Å². The Kier molecular flexibility index (Phi) is 5.05. The molecule has 5 nitrogen and oxygen atoms in total. The van der Waals surface area contributed by atoms with Gasteiger partial charge in [0.2, 0.25) is 0 Å². The summed E-state index contributed by atoms with van der Waals surface area (Å²) in [5.74, 6) is -0.276. The average molecular weight is 403 g/mol. The van der Waals surface area contributed by atoms with Crippen LogP contribution in [0.15, 0.2) is 48.0 Å². The molecule has 0 radical (unpaired) electrons. The molecule has 0 saturated carbocycles. The van der Waals surface area contributed by atoms with E-state index in [-0.39, 0.29) is 23.0 Å². The molecule has 1 fully saturated rings. The van der Waals surface area contributed by atoms with Crippen molar-refractivity contribution in [1.82, 2.24) is 14.9 Å². The first kappa shape index (κ1) is 17.9. The van der Waals surface area contributed by atoms with Crippen LogP contribution in [-0.4, -0.2) is 27.4 Å². The van der Waals surface area contributed by atoms with Crippen LogP contribution in [0, 0.1) is 5.82 Å². The summed E-state index contributed by atoms with van der Waals surface area (Å²) in [6.45, 7) is 0.653. The van der Waals surface area contributed by atoms with Crippen LogP contribution in [0.4, 0.5) is 14.9 Å². The van der Waals surface area contributed by atoms with Crippen molar-refractivity contribution in [2.45, 2.75) is 18.9 Å². The molecule has 0 unspecified atom stereocenters. The van der Waals surface area contributed by atoms with E-state index < -0.39 is 0 Å². The van der Waals surface area contributed by atoms with Crippen LogP contribution in [-0.2, 0) is 0 Å². The molecule has 138 valence electrons. The van der Waals surface area contributed by atoms with Gasteiger partial charge in [-0.25, -0.2) is 19.2 Å². The normalized spacial score (nSPS) is 16.5. The van der Waals surface area contributed by atoms with Crippen molar-refractivity contribution in [3.05, 3.63) is 64.0 Å². The molecule has 0 aliphatic carbocycles. The van der Waals surface area contributed by atoms with Gasteiger partial charge < -0.3 is 10.2 Å². The number of urea groups is 1. The van der Waals surface area contributed by atoms with Gasteiger partial charge in [-0.2, -0.15) is 0 Å². The number of carbonyl (C=O) groups is 1. The van der Waals surface area contributed by atoms with Gasteiger partial charge in [-0.05, 0) is 49.2 Å². The first-order valence-electron chi connectivity index (χ1n) is 8.51. The van der Waals surface area contributed by atoms with E-state index in [4.69, 9.17) is 11.6 Å². The maximum absolute atomic E-state index is 13.1. The standard InChI is InChI=1S/C19H16ClFN4OS/c20-17-14(3-1-9-22-17)24-19(26)25-10-2-4-16(25)18-23-15(11-27-18)12-5-7-13(21)8-6-12/h1,3,5-9,11,16H,2,4,10H2,(H,24,26)/t16-/m0/s1. The van der Waals surface area contributed by atoms with Crippen molar-refractivity contribution in [2.24, 2.45) is 0 Å². The Morgan fingerprint density at radius 1 is 1.30 bits per heavy atom. The third-order valence-corrected chi connectivity index (χ3v) is 5.71. The molecule has 4 rings (SSSR count). The molecule has 1 atom stereocenters. The number of hydrogen-bond acceptors (Lipinski definition) is 4. The Morgan fingerprint density at radius 2 is 2.11 bits per heavy atom. The second kappa shape index (κ2) is 7.62. The lowest BCUT2D eigenvalue weighted by Gasteiger charge is -2.23. The zero-order valence-electron chi connectivity index (χ0n) is 14.2. The van der Waals surface area contributed by atoms with Gasteiger partial charge in [0.05, 0.1) is 17.4 Å². The molecule has 3 heterocycles. The molecule has 1 aliphatic heterocycles. The number of thiazole rings is 1. The molecule has 2 amide bonds. The molecule has 8 heteroatoms. The van der Waals surface area contributed by atoms with Gasteiger partial charge in [0, 0.05) is 23.7 Å². The minimum atomic E-state index is -0.276. The molecule has 3 aromatic rings. The van der Waals surface area contributed by atoms with Gasteiger partial charge in [-0.3, -0.25) is 0 Å². The van der Waals surface area contributed by atoms with Gasteiger partial charge >= 0.3 is 6.03 Å². The van der Waals surface area contributed by atoms with Gasteiger partial charge in [-0.15, -0.1) is 11.3 Å². The minimum absolute atomic E-state index is 0.0837. The molecule has 1 aliphatic rings. The lowest BCUT2D eigenvalue weighted by molar-refractivity contribution is 0.207. The monoisotopic (exact) mass is 402 g/mol. The SMILES string of the molecule is O=C(Nc1cccnc1Cl)N1CCC[C@H]1c1nc(-c2ccc(F)cc2)cs1.